The molecule has 9 N–H and O–H groups in total. The van der Waals surface area contributed by atoms with Gasteiger partial charge in [0, 0.05) is 145 Å². The Balaban J connectivity index is 0.466. The number of nitrogens with one attached hydrogen (secondary N) is 9. The summed E-state index contributed by atoms with van der Waals surface area (Å²) < 4.78 is 59.8. The van der Waals surface area contributed by atoms with Gasteiger partial charge in [-0.05, 0) is 62.7 Å². The number of anilines is 5. The third-order valence-electron chi connectivity index (χ3n) is 18.2. The molecular weight excluding hydrogens is 1600 g/mol. The standard InChI is InChI=1S/C79H100ClN21O18S/c1-50-51(2)120-79-69(50)70(53-9-11-54(80)12-10-53)91-59(71-95-94-52(3)101(71)79)44-67(105)87-55-13-14-68(86-45-55)119-40-39-118-38-37-117-36-35-116-34-33-115-32-31-114-30-29-113-28-27-112-26-25-111-24-22-81-64(102)15-18-85-77(109)73-93-63(49-100(73)8)92-66(104)17-20-84-74(106)60-42-57(47-97(60)5)89-76(108)62-41-56(46-99(62)7)88-65(103)16-19-83-75(107)61-43-58(48-98(61)6)90-78(110)72-82-21-23-96(72)4/h9-14,21,23,41-43,45-49,59H,15-20,22,24-40,44H2,1-8H3,(H,81,102)(H,83,107)(H,84,106)(H,85,109)(H,87,105)(H,88,103)(H,89,108)(H,90,110)(H,92,104)/t59-/m0/s1. The summed E-state index contributed by atoms with van der Waals surface area (Å²) in [4.78, 5) is 136. The van der Waals surface area contributed by atoms with Gasteiger partial charge in [0.05, 0.1) is 147 Å². The van der Waals surface area contributed by atoms with Gasteiger partial charge in [0.25, 0.3) is 29.5 Å². The first-order valence-electron chi connectivity index (χ1n) is 38.7. The van der Waals surface area contributed by atoms with Crippen LogP contribution < -0.4 is 52.6 Å². The van der Waals surface area contributed by atoms with Crippen molar-refractivity contribution in [1.29, 1.82) is 0 Å². The molecule has 39 nitrogen and oxygen atoms in total. The maximum atomic E-state index is 13.5. The number of amides is 9. The number of pyridine rings is 1. The van der Waals surface area contributed by atoms with E-state index in [1.807, 2.05) is 35.8 Å². The summed E-state index contributed by atoms with van der Waals surface area (Å²) in [7, 11) is 8.13. The lowest BCUT2D eigenvalue weighted by molar-refractivity contribution is -0.121. The van der Waals surface area contributed by atoms with Gasteiger partial charge in [-0.25, -0.2) is 15.0 Å². The molecule has 0 saturated carbocycles. The number of thiophene rings is 1. The van der Waals surface area contributed by atoms with Crippen LogP contribution in [-0.2, 0) is 92.3 Å². The lowest BCUT2D eigenvalue weighted by atomic mass is 9.99. The Bertz CT molecular complexity index is 5010. The number of fused-ring (bicyclic) bond motifs is 3. The fourth-order valence-corrected chi connectivity index (χ4v) is 13.4. The van der Waals surface area contributed by atoms with Crippen molar-refractivity contribution < 1.29 is 85.8 Å². The van der Waals surface area contributed by atoms with Gasteiger partial charge in [0.2, 0.25) is 35.3 Å². The topological polar surface area (TPSA) is 451 Å². The highest BCUT2D eigenvalue weighted by atomic mass is 35.5. The molecule has 1 atom stereocenters. The van der Waals surface area contributed by atoms with Crippen LogP contribution >= 0.6 is 22.9 Å². The lowest BCUT2D eigenvalue weighted by Crippen LogP contribution is -2.33. The minimum absolute atomic E-state index is 0.00322. The monoisotopic (exact) mass is 1700 g/mol. The van der Waals surface area contributed by atoms with E-state index in [9.17, 15) is 43.2 Å². The third kappa shape index (κ3) is 27.1. The number of carbonyl (C=O) groups excluding carboxylic acids is 9. The number of aryl methyl sites for hydroxylation is 7. The highest BCUT2D eigenvalue weighted by Crippen LogP contribution is 2.40. The predicted octanol–water partition coefficient (Wildman–Crippen LogP) is 5.18. The highest BCUT2D eigenvalue weighted by molar-refractivity contribution is 7.15. The van der Waals surface area contributed by atoms with Crippen LogP contribution in [0.15, 0.2) is 103 Å². The average Bonchev–Trinajstić information content (AvgIpc) is 1.59. The second kappa shape index (κ2) is 45.9. The molecule has 120 heavy (non-hydrogen) atoms. The molecule has 1 aliphatic heterocycles. The maximum absolute atomic E-state index is 13.5. The van der Waals surface area contributed by atoms with Crippen molar-refractivity contribution in [3.63, 3.8) is 0 Å². The lowest BCUT2D eigenvalue weighted by Gasteiger charge is -2.13. The second-order valence-electron chi connectivity index (χ2n) is 27.3. The molecule has 1 aliphatic rings. The number of carbonyl (C=O) groups is 9. The van der Waals surface area contributed by atoms with E-state index in [1.54, 1.807) is 86.4 Å². The summed E-state index contributed by atoms with van der Waals surface area (Å²) in [5, 5.41) is 34.9. The van der Waals surface area contributed by atoms with Crippen LogP contribution in [0, 0.1) is 20.8 Å². The van der Waals surface area contributed by atoms with E-state index < -0.39 is 47.4 Å². The van der Waals surface area contributed by atoms with Gasteiger partial charge in [-0.15, -0.1) is 21.5 Å². The second-order valence-corrected chi connectivity index (χ2v) is 28.9. The van der Waals surface area contributed by atoms with Gasteiger partial charge in [-0.2, -0.15) is 0 Å². The Labute approximate surface area is 700 Å². The Morgan fingerprint density at radius 2 is 0.950 bits per heavy atom. The largest absolute Gasteiger partial charge is 0.475 e. The summed E-state index contributed by atoms with van der Waals surface area (Å²) in [5.74, 6) is -2.02. The van der Waals surface area contributed by atoms with Gasteiger partial charge in [0.15, 0.2) is 17.5 Å². The van der Waals surface area contributed by atoms with E-state index in [0.717, 1.165) is 32.3 Å². The summed E-state index contributed by atoms with van der Waals surface area (Å²) in [5.41, 5.74) is 5.92. The zero-order valence-electron chi connectivity index (χ0n) is 68.0. The van der Waals surface area contributed by atoms with E-state index >= 15 is 0 Å². The molecule has 1 aromatic carbocycles. The van der Waals surface area contributed by atoms with E-state index in [1.165, 1.54) is 56.7 Å². The van der Waals surface area contributed by atoms with Crippen molar-refractivity contribution in [1.82, 2.24) is 73.8 Å². The number of halogens is 1. The molecule has 8 aromatic heterocycles. The molecule has 9 aromatic rings. The Kier molecular flexibility index (Phi) is 34.6. The molecule has 642 valence electrons. The number of imidazole rings is 2. The normalized spacial score (nSPS) is 12.2. The van der Waals surface area contributed by atoms with Crippen molar-refractivity contribution >= 4 is 110 Å². The first-order valence-corrected chi connectivity index (χ1v) is 39.9. The fraction of sp³-hybridized carbons (Fsp3) is 0.430. The van der Waals surface area contributed by atoms with Crippen LogP contribution in [0.4, 0.5) is 28.6 Å². The van der Waals surface area contributed by atoms with Crippen LogP contribution in [0.1, 0.15) is 118 Å². The first-order chi connectivity index (χ1) is 58.0. The highest BCUT2D eigenvalue weighted by Gasteiger charge is 2.33. The number of rotatable bonds is 50. The molecule has 9 heterocycles. The summed E-state index contributed by atoms with van der Waals surface area (Å²) in [6.45, 7) is 12.6. The van der Waals surface area contributed by atoms with Crippen molar-refractivity contribution in [2.45, 2.75) is 52.5 Å². The van der Waals surface area contributed by atoms with Crippen LogP contribution in [0.5, 0.6) is 5.88 Å². The smallest absolute Gasteiger partial charge is 0.291 e. The number of nitrogens with zero attached hydrogens (tertiary/aromatic N) is 12. The van der Waals surface area contributed by atoms with Gasteiger partial charge in [-0.1, -0.05) is 23.7 Å². The predicted molar refractivity (Wildman–Crippen MR) is 442 cm³/mol. The van der Waals surface area contributed by atoms with Gasteiger partial charge in [-0.3, -0.25) is 52.7 Å². The zero-order chi connectivity index (χ0) is 85.5. The van der Waals surface area contributed by atoms with E-state index in [4.69, 9.17) is 59.2 Å². The van der Waals surface area contributed by atoms with Gasteiger partial charge >= 0.3 is 0 Å². The molecule has 41 heteroatoms. The number of ether oxygens (including phenoxy) is 9. The fourth-order valence-electron chi connectivity index (χ4n) is 12.1. The Morgan fingerprint density at radius 3 is 1.48 bits per heavy atom. The molecule has 0 unspecified atom stereocenters. The molecule has 0 saturated heterocycles. The molecule has 9 amide bonds. The van der Waals surface area contributed by atoms with Crippen molar-refractivity contribution in [3.05, 3.63) is 165 Å². The van der Waals surface area contributed by atoms with E-state index in [2.05, 4.69) is 86.8 Å². The van der Waals surface area contributed by atoms with Crippen molar-refractivity contribution in [2.75, 3.05) is 165 Å². The quantitative estimate of drug-likeness (QED) is 0.0222. The molecule has 0 bridgehead atoms. The molecule has 0 fully saturated rings. The Morgan fingerprint density at radius 1 is 0.458 bits per heavy atom. The summed E-state index contributed by atoms with van der Waals surface area (Å²) >= 11 is 7.90. The third-order valence-corrected chi connectivity index (χ3v) is 19.6. The molecular formula is C79H100ClN21O18S. The molecule has 10 rings (SSSR count). The summed E-state index contributed by atoms with van der Waals surface area (Å²) in [6, 6.07) is 14.8. The number of hydrogen-bond acceptors (Lipinski definition) is 25. The SMILES string of the molecule is Cc1sc2c(c1C)C(c1ccc(Cl)cc1)=N[C@@H](CC(=O)Nc1ccc(OCCOCCOCCOCCOCCOCCOCCOCCOCCNC(=O)CCNC(=O)c3nc(NC(=O)CCNC(=O)c4cc(NC(=O)c5cc(NC(=O)CCNC(=O)c6cc(NC(=O)c7nccn7C)cn6C)cn5C)cn4C)cn3C)nc1)c1nnc(C)n1-2. The van der Waals surface area contributed by atoms with Crippen LogP contribution in [0.2, 0.25) is 5.02 Å². The Hall–Kier alpha value is -11.9. The molecule has 0 spiro atoms. The van der Waals surface area contributed by atoms with Gasteiger partial charge in [0.1, 0.15) is 40.6 Å². The van der Waals surface area contributed by atoms with E-state index in [-0.39, 0.29) is 111 Å². The molecule has 0 aliphatic carbocycles. The van der Waals surface area contributed by atoms with Crippen LogP contribution in [-0.4, -0.2) is 250 Å². The van der Waals surface area contributed by atoms with Crippen molar-refractivity contribution in [3.8, 4) is 10.9 Å². The number of aromatic nitrogens is 11. The van der Waals surface area contributed by atoms with Crippen LogP contribution in [0.25, 0.3) is 5.00 Å². The number of aliphatic imine (C=N–C) groups is 1. The minimum atomic E-state index is -0.614. The number of hydrogen-bond donors (Lipinski definition) is 9. The van der Waals surface area contributed by atoms with Gasteiger partial charge < -0.3 is 113 Å². The minimum Gasteiger partial charge on any atom is -0.475 e. The first kappa shape index (κ1) is 90.5. The maximum Gasteiger partial charge on any atom is 0.291 e. The molecule has 0 radical (unpaired) electrons. The summed E-state index contributed by atoms with van der Waals surface area (Å²) in [6.07, 6.45) is 10.6. The average molecular weight is 1700 g/mol. The zero-order valence-corrected chi connectivity index (χ0v) is 69.6. The number of benzene rings is 1. The van der Waals surface area contributed by atoms with Crippen molar-refractivity contribution in [2.24, 2.45) is 40.2 Å². The van der Waals surface area contributed by atoms with E-state index in [0.29, 0.717) is 144 Å². The van der Waals surface area contributed by atoms with Crippen LogP contribution in [0.3, 0.4) is 0 Å².